The van der Waals surface area contributed by atoms with Gasteiger partial charge in [-0.25, -0.2) is 4.79 Å². The van der Waals surface area contributed by atoms with Gasteiger partial charge in [0.1, 0.15) is 0 Å². The van der Waals surface area contributed by atoms with Crippen molar-refractivity contribution in [3.63, 3.8) is 0 Å². The van der Waals surface area contributed by atoms with Gasteiger partial charge in [-0.05, 0) is 31.1 Å². The van der Waals surface area contributed by atoms with Gasteiger partial charge in [-0.15, -0.1) is 0 Å². The summed E-state index contributed by atoms with van der Waals surface area (Å²) in [5.74, 6) is 1.36. The number of carbonyl (C=O) groups excluding carboxylic acids is 1. The normalized spacial score (nSPS) is 33.9. The van der Waals surface area contributed by atoms with Crippen LogP contribution in [0.2, 0.25) is 0 Å². The summed E-state index contributed by atoms with van der Waals surface area (Å²) in [6, 6.07) is 0.576. The number of likely N-dealkylation sites (tertiary alicyclic amines) is 1. The van der Waals surface area contributed by atoms with Gasteiger partial charge in [0.25, 0.3) is 0 Å². The standard InChI is InChI=1S/C15H28N2O/c1-12-8-7-9-14(13(12)2)16-15(18)17-10-5-3-4-6-11-17/h12-14H,3-11H2,1-2H3,(H,16,18). The Morgan fingerprint density at radius 2 is 1.67 bits per heavy atom. The first-order valence-corrected chi connectivity index (χ1v) is 7.74. The monoisotopic (exact) mass is 252 g/mol. The Morgan fingerprint density at radius 1 is 1.00 bits per heavy atom. The largest absolute Gasteiger partial charge is 0.335 e. The molecule has 1 aliphatic carbocycles. The van der Waals surface area contributed by atoms with Crippen molar-refractivity contribution in [3.8, 4) is 0 Å². The summed E-state index contributed by atoms with van der Waals surface area (Å²) in [7, 11) is 0. The lowest BCUT2D eigenvalue weighted by Crippen LogP contribution is -2.49. The van der Waals surface area contributed by atoms with Gasteiger partial charge in [0.15, 0.2) is 0 Å². The predicted octanol–water partition coefficient (Wildman–Crippen LogP) is 3.40. The van der Waals surface area contributed by atoms with E-state index in [4.69, 9.17) is 0 Å². The Morgan fingerprint density at radius 3 is 2.33 bits per heavy atom. The zero-order chi connectivity index (χ0) is 13.0. The number of amides is 2. The molecule has 2 amide bonds. The summed E-state index contributed by atoms with van der Waals surface area (Å²) < 4.78 is 0. The van der Waals surface area contributed by atoms with Crippen LogP contribution in [0.5, 0.6) is 0 Å². The molecule has 1 heterocycles. The van der Waals surface area contributed by atoms with Crippen LogP contribution in [0.1, 0.15) is 58.8 Å². The van der Waals surface area contributed by atoms with Gasteiger partial charge >= 0.3 is 6.03 Å². The van der Waals surface area contributed by atoms with Crippen LogP contribution in [0, 0.1) is 11.8 Å². The topological polar surface area (TPSA) is 32.3 Å². The number of hydrogen-bond donors (Lipinski definition) is 1. The SMILES string of the molecule is CC1CCCC(NC(=O)N2CCCCCC2)C1C. The van der Waals surface area contributed by atoms with Gasteiger partial charge in [-0.2, -0.15) is 0 Å². The highest BCUT2D eigenvalue weighted by Gasteiger charge is 2.29. The van der Waals surface area contributed by atoms with Crippen LogP contribution in [0.3, 0.4) is 0 Å². The first-order chi connectivity index (χ1) is 8.68. The van der Waals surface area contributed by atoms with Gasteiger partial charge in [0.05, 0.1) is 0 Å². The molecule has 1 aliphatic heterocycles. The molecule has 3 heteroatoms. The molecule has 3 nitrogen and oxygen atoms in total. The molecule has 0 aromatic heterocycles. The fraction of sp³-hybridized carbons (Fsp3) is 0.933. The Bertz CT molecular complexity index is 272. The lowest BCUT2D eigenvalue weighted by Gasteiger charge is -2.36. The Kier molecular flexibility index (Phi) is 4.90. The van der Waals surface area contributed by atoms with E-state index in [1.165, 1.54) is 38.5 Å². The van der Waals surface area contributed by atoms with E-state index in [2.05, 4.69) is 19.2 Å². The van der Waals surface area contributed by atoms with Crippen molar-refractivity contribution in [1.29, 1.82) is 0 Å². The third-order valence-corrected chi connectivity index (χ3v) is 4.91. The molecule has 1 saturated carbocycles. The van der Waals surface area contributed by atoms with E-state index in [-0.39, 0.29) is 6.03 Å². The molecule has 18 heavy (non-hydrogen) atoms. The van der Waals surface area contributed by atoms with Crippen molar-refractivity contribution >= 4 is 6.03 Å². The minimum absolute atomic E-state index is 0.183. The molecule has 2 rings (SSSR count). The minimum Gasteiger partial charge on any atom is -0.335 e. The quantitative estimate of drug-likeness (QED) is 0.762. The zero-order valence-corrected chi connectivity index (χ0v) is 12.0. The molecule has 0 aromatic carbocycles. The van der Waals surface area contributed by atoms with Crippen LogP contribution >= 0.6 is 0 Å². The summed E-state index contributed by atoms with van der Waals surface area (Å²) in [6.07, 6.45) is 8.63. The number of urea groups is 1. The van der Waals surface area contributed by atoms with Gasteiger partial charge < -0.3 is 10.2 Å². The molecule has 0 bridgehead atoms. The molecule has 1 saturated heterocycles. The van der Waals surface area contributed by atoms with E-state index in [0.29, 0.717) is 12.0 Å². The second kappa shape index (κ2) is 6.44. The van der Waals surface area contributed by atoms with Crippen LogP contribution in [-0.2, 0) is 0 Å². The fourth-order valence-electron chi connectivity index (χ4n) is 3.31. The molecule has 104 valence electrons. The van der Waals surface area contributed by atoms with Crippen molar-refractivity contribution in [2.45, 2.75) is 64.8 Å². The highest BCUT2D eigenvalue weighted by Crippen LogP contribution is 2.29. The van der Waals surface area contributed by atoms with Crippen molar-refractivity contribution in [3.05, 3.63) is 0 Å². The lowest BCUT2D eigenvalue weighted by molar-refractivity contribution is 0.169. The third kappa shape index (κ3) is 3.39. The van der Waals surface area contributed by atoms with Gasteiger partial charge in [0.2, 0.25) is 0 Å². The van der Waals surface area contributed by atoms with E-state index < -0.39 is 0 Å². The maximum Gasteiger partial charge on any atom is 0.317 e. The zero-order valence-electron chi connectivity index (χ0n) is 12.0. The van der Waals surface area contributed by atoms with Crippen LogP contribution in [0.25, 0.3) is 0 Å². The van der Waals surface area contributed by atoms with E-state index in [0.717, 1.165) is 25.4 Å². The molecule has 0 aromatic rings. The Labute approximate surface area is 111 Å². The van der Waals surface area contributed by atoms with Crippen LogP contribution < -0.4 is 5.32 Å². The maximum atomic E-state index is 12.3. The van der Waals surface area contributed by atoms with Gasteiger partial charge in [0, 0.05) is 19.1 Å². The second-order valence-corrected chi connectivity index (χ2v) is 6.22. The molecule has 2 aliphatic rings. The van der Waals surface area contributed by atoms with E-state index in [1.807, 2.05) is 4.90 Å². The van der Waals surface area contributed by atoms with Crippen molar-refractivity contribution in [1.82, 2.24) is 10.2 Å². The van der Waals surface area contributed by atoms with Gasteiger partial charge in [-0.1, -0.05) is 39.5 Å². The smallest absolute Gasteiger partial charge is 0.317 e. The first kappa shape index (κ1) is 13.7. The lowest BCUT2D eigenvalue weighted by atomic mass is 9.78. The average Bonchev–Trinajstić information content (AvgIpc) is 2.63. The minimum atomic E-state index is 0.183. The van der Waals surface area contributed by atoms with E-state index in [9.17, 15) is 4.79 Å². The molecule has 3 unspecified atom stereocenters. The Balaban J connectivity index is 1.85. The van der Waals surface area contributed by atoms with Crippen molar-refractivity contribution in [2.75, 3.05) is 13.1 Å². The molecular formula is C15H28N2O. The van der Waals surface area contributed by atoms with Gasteiger partial charge in [-0.3, -0.25) is 0 Å². The van der Waals surface area contributed by atoms with E-state index in [1.54, 1.807) is 0 Å². The number of nitrogens with zero attached hydrogens (tertiary/aromatic N) is 1. The third-order valence-electron chi connectivity index (χ3n) is 4.91. The summed E-state index contributed by atoms with van der Waals surface area (Å²) in [5, 5.41) is 3.28. The maximum absolute atomic E-state index is 12.3. The molecule has 2 fully saturated rings. The van der Waals surface area contributed by atoms with Crippen LogP contribution in [0.15, 0.2) is 0 Å². The summed E-state index contributed by atoms with van der Waals surface area (Å²) in [6.45, 7) is 6.50. The number of nitrogens with one attached hydrogen (secondary N) is 1. The summed E-state index contributed by atoms with van der Waals surface area (Å²) in [4.78, 5) is 14.3. The predicted molar refractivity (Wildman–Crippen MR) is 74.5 cm³/mol. The first-order valence-electron chi connectivity index (χ1n) is 7.74. The van der Waals surface area contributed by atoms with Crippen LogP contribution in [0.4, 0.5) is 4.79 Å². The number of hydrogen-bond acceptors (Lipinski definition) is 1. The Hall–Kier alpha value is -0.730. The highest BCUT2D eigenvalue weighted by atomic mass is 16.2. The molecule has 1 N–H and O–H groups in total. The summed E-state index contributed by atoms with van der Waals surface area (Å²) in [5.41, 5.74) is 0. The van der Waals surface area contributed by atoms with Crippen molar-refractivity contribution < 1.29 is 4.79 Å². The summed E-state index contributed by atoms with van der Waals surface area (Å²) >= 11 is 0. The number of carbonyl (C=O) groups is 1. The molecule has 0 spiro atoms. The highest BCUT2D eigenvalue weighted by molar-refractivity contribution is 5.74. The molecule has 3 atom stereocenters. The van der Waals surface area contributed by atoms with E-state index >= 15 is 0 Å². The molecule has 0 radical (unpaired) electrons. The second-order valence-electron chi connectivity index (χ2n) is 6.22. The van der Waals surface area contributed by atoms with Crippen molar-refractivity contribution in [2.24, 2.45) is 11.8 Å². The average molecular weight is 252 g/mol. The molecular weight excluding hydrogens is 224 g/mol. The number of rotatable bonds is 1. The van der Waals surface area contributed by atoms with Crippen LogP contribution in [-0.4, -0.2) is 30.1 Å². The fourth-order valence-corrected chi connectivity index (χ4v) is 3.31.